The third kappa shape index (κ3) is 4.98. The van der Waals surface area contributed by atoms with Gasteiger partial charge in [-0.3, -0.25) is 4.79 Å². The molecular formula is C11H16N4O2. The summed E-state index contributed by atoms with van der Waals surface area (Å²) in [4.78, 5) is 22.1. The highest BCUT2D eigenvalue weighted by Crippen LogP contribution is 2.13. The van der Waals surface area contributed by atoms with Crippen LogP contribution in [0.1, 0.15) is 6.92 Å². The Kier molecular flexibility index (Phi) is 4.96. The molecule has 0 aliphatic rings. The topological polar surface area (TPSA) is 96.2 Å². The number of anilines is 2. The van der Waals surface area contributed by atoms with E-state index in [1.165, 1.54) is 6.92 Å². The molecule has 0 saturated carbocycles. The SMILES string of the molecule is CC(=O)Nc1ccc(NC(=O)NCCN)cc1. The summed E-state index contributed by atoms with van der Waals surface area (Å²) in [6.45, 7) is 2.26. The molecule has 5 N–H and O–H groups in total. The van der Waals surface area contributed by atoms with Gasteiger partial charge in [0.2, 0.25) is 5.91 Å². The van der Waals surface area contributed by atoms with Gasteiger partial charge < -0.3 is 21.7 Å². The predicted octanol–water partition coefficient (Wildman–Crippen LogP) is 0.725. The number of hydrogen-bond acceptors (Lipinski definition) is 3. The van der Waals surface area contributed by atoms with Crippen molar-refractivity contribution in [2.24, 2.45) is 5.73 Å². The van der Waals surface area contributed by atoms with Gasteiger partial charge >= 0.3 is 6.03 Å². The lowest BCUT2D eigenvalue weighted by atomic mass is 10.3. The molecule has 6 nitrogen and oxygen atoms in total. The van der Waals surface area contributed by atoms with Crippen LogP contribution in [0.25, 0.3) is 0 Å². The van der Waals surface area contributed by atoms with Crippen LogP contribution in [0.2, 0.25) is 0 Å². The van der Waals surface area contributed by atoms with Crippen molar-refractivity contribution in [2.45, 2.75) is 6.92 Å². The Labute approximate surface area is 99.6 Å². The average molecular weight is 236 g/mol. The number of rotatable bonds is 4. The molecule has 0 saturated heterocycles. The van der Waals surface area contributed by atoms with Crippen LogP contribution < -0.4 is 21.7 Å². The monoisotopic (exact) mass is 236 g/mol. The van der Waals surface area contributed by atoms with Gasteiger partial charge in [0.1, 0.15) is 0 Å². The zero-order valence-corrected chi connectivity index (χ0v) is 9.62. The molecule has 1 aromatic carbocycles. The third-order valence-corrected chi connectivity index (χ3v) is 1.89. The van der Waals surface area contributed by atoms with E-state index in [4.69, 9.17) is 5.73 Å². The van der Waals surface area contributed by atoms with Crippen molar-refractivity contribution in [1.82, 2.24) is 5.32 Å². The highest BCUT2D eigenvalue weighted by molar-refractivity contribution is 5.91. The molecule has 0 aliphatic carbocycles. The van der Waals surface area contributed by atoms with Crippen LogP contribution in [0, 0.1) is 0 Å². The minimum absolute atomic E-state index is 0.133. The Bertz CT molecular complexity index is 389. The second kappa shape index (κ2) is 6.49. The Hall–Kier alpha value is -2.08. The number of hydrogen-bond donors (Lipinski definition) is 4. The molecule has 1 aromatic rings. The van der Waals surface area contributed by atoms with Crippen molar-refractivity contribution in [3.05, 3.63) is 24.3 Å². The first-order chi connectivity index (χ1) is 8.11. The summed E-state index contributed by atoms with van der Waals surface area (Å²) in [6.07, 6.45) is 0. The van der Waals surface area contributed by atoms with Gasteiger partial charge in [0, 0.05) is 31.4 Å². The highest BCUT2D eigenvalue weighted by atomic mass is 16.2. The normalized spacial score (nSPS) is 9.53. The number of nitrogens with two attached hydrogens (primary N) is 1. The average Bonchev–Trinajstić information content (AvgIpc) is 2.28. The molecule has 0 aromatic heterocycles. The lowest BCUT2D eigenvalue weighted by Crippen LogP contribution is -2.32. The van der Waals surface area contributed by atoms with E-state index in [9.17, 15) is 9.59 Å². The van der Waals surface area contributed by atoms with Gasteiger partial charge in [-0.05, 0) is 24.3 Å². The molecule has 1 rings (SSSR count). The highest BCUT2D eigenvalue weighted by Gasteiger charge is 2.00. The van der Waals surface area contributed by atoms with Crippen molar-refractivity contribution in [1.29, 1.82) is 0 Å². The van der Waals surface area contributed by atoms with E-state index in [0.717, 1.165) is 0 Å². The van der Waals surface area contributed by atoms with Crippen molar-refractivity contribution in [3.63, 3.8) is 0 Å². The molecule has 0 fully saturated rings. The van der Waals surface area contributed by atoms with Gasteiger partial charge in [-0.25, -0.2) is 4.79 Å². The number of benzene rings is 1. The Morgan fingerprint density at radius 1 is 1.12 bits per heavy atom. The maximum absolute atomic E-state index is 11.3. The quantitative estimate of drug-likeness (QED) is 0.620. The van der Waals surface area contributed by atoms with E-state index >= 15 is 0 Å². The van der Waals surface area contributed by atoms with E-state index in [2.05, 4.69) is 16.0 Å². The van der Waals surface area contributed by atoms with Crippen LogP contribution in [-0.4, -0.2) is 25.0 Å². The summed E-state index contributed by atoms with van der Waals surface area (Å²) < 4.78 is 0. The van der Waals surface area contributed by atoms with Crippen LogP contribution in [-0.2, 0) is 4.79 Å². The van der Waals surface area contributed by atoms with E-state index in [1.807, 2.05) is 0 Å². The molecule has 0 bridgehead atoms. The first-order valence-electron chi connectivity index (χ1n) is 5.24. The Balaban J connectivity index is 2.50. The summed E-state index contributed by atoms with van der Waals surface area (Å²) in [7, 11) is 0. The lowest BCUT2D eigenvalue weighted by Gasteiger charge is -2.07. The van der Waals surface area contributed by atoms with Gasteiger partial charge in [-0.2, -0.15) is 0 Å². The van der Waals surface area contributed by atoms with E-state index < -0.39 is 0 Å². The third-order valence-electron chi connectivity index (χ3n) is 1.89. The molecule has 92 valence electrons. The fraction of sp³-hybridized carbons (Fsp3) is 0.273. The van der Waals surface area contributed by atoms with Gasteiger partial charge in [0.15, 0.2) is 0 Å². The Morgan fingerprint density at radius 2 is 1.65 bits per heavy atom. The van der Waals surface area contributed by atoms with Crippen molar-refractivity contribution < 1.29 is 9.59 Å². The molecule has 0 unspecified atom stereocenters. The summed E-state index contributed by atoms with van der Waals surface area (Å²) in [6, 6.07) is 6.52. The second-order valence-electron chi connectivity index (χ2n) is 3.43. The number of nitrogens with one attached hydrogen (secondary N) is 3. The maximum Gasteiger partial charge on any atom is 0.319 e. The molecule has 0 spiro atoms. The smallest absolute Gasteiger partial charge is 0.319 e. The largest absolute Gasteiger partial charge is 0.337 e. The maximum atomic E-state index is 11.3. The summed E-state index contributed by atoms with van der Waals surface area (Å²) in [5, 5.41) is 7.86. The molecule has 6 heteroatoms. The second-order valence-corrected chi connectivity index (χ2v) is 3.43. The number of amides is 3. The molecule has 17 heavy (non-hydrogen) atoms. The summed E-state index contributed by atoms with van der Waals surface area (Å²) >= 11 is 0. The van der Waals surface area contributed by atoms with Crippen LogP contribution in [0.3, 0.4) is 0 Å². The van der Waals surface area contributed by atoms with Crippen LogP contribution in [0.5, 0.6) is 0 Å². The summed E-state index contributed by atoms with van der Waals surface area (Å²) in [5.74, 6) is -0.133. The number of urea groups is 1. The Morgan fingerprint density at radius 3 is 2.12 bits per heavy atom. The van der Waals surface area contributed by atoms with Crippen LogP contribution >= 0.6 is 0 Å². The zero-order chi connectivity index (χ0) is 12.7. The van der Waals surface area contributed by atoms with Crippen LogP contribution in [0.4, 0.5) is 16.2 Å². The van der Waals surface area contributed by atoms with Gasteiger partial charge in [0.05, 0.1) is 0 Å². The molecule has 0 aliphatic heterocycles. The number of carbonyl (C=O) groups is 2. The zero-order valence-electron chi connectivity index (χ0n) is 9.62. The fourth-order valence-electron chi connectivity index (χ4n) is 1.20. The van der Waals surface area contributed by atoms with Gasteiger partial charge in [-0.15, -0.1) is 0 Å². The molecule has 3 amide bonds. The van der Waals surface area contributed by atoms with Crippen molar-refractivity contribution in [3.8, 4) is 0 Å². The van der Waals surface area contributed by atoms with Crippen LogP contribution in [0.15, 0.2) is 24.3 Å². The standard InChI is InChI=1S/C11H16N4O2/c1-8(16)14-9-2-4-10(5-3-9)15-11(17)13-7-6-12/h2-5H,6-7,12H2,1H3,(H,14,16)(H2,13,15,17). The molecule has 0 atom stereocenters. The minimum atomic E-state index is -0.303. The molecular weight excluding hydrogens is 220 g/mol. The van der Waals surface area contributed by atoms with E-state index in [1.54, 1.807) is 24.3 Å². The number of carbonyl (C=O) groups excluding carboxylic acids is 2. The first-order valence-corrected chi connectivity index (χ1v) is 5.24. The molecule has 0 heterocycles. The predicted molar refractivity (Wildman–Crippen MR) is 66.8 cm³/mol. The van der Waals surface area contributed by atoms with E-state index in [-0.39, 0.29) is 11.9 Å². The van der Waals surface area contributed by atoms with E-state index in [0.29, 0.717) is 24.5 Å². The first kappa shape index (κ1) is 13.0. The molecule has 0 radical (unpaired) electrons. The summed E-state index contributed by atoms with van der Waals surface area (Å²) in [5.41, 5.74) is 6.59. The minimum Gasteiger partial charge on any atom is -0.337 e. The van der Waals surface area contributed by atoms with Crippen molar-refractivity contribution >= 4 is 23.3 Å². The van der Waals surface area contributed by atoms with Gasteiger partial charge in [0.25, 0.3) is 0 Å². The van der Waals surface area contributed by atoms with Gasteiger partial charge in [-0.1, -0.05) is 0 Å². The fourth-order valence-corrected chi connectivity index (χ4v) is 1.20. The van der Waals surface area contributed by atoms with Crippen molar-refractivity contribution in [2.75, 3.05) is 23.7 Å². The lowest BCUT2D eigenvalue weighted by molar-refractivity contribution is -0.114.